The normalized spacial score (nSPS) is 12.2. The number of hydrogen-bond donors (Lipinski definition) is 2. The van der Waals surface area contributed by atoms with Gasteiger partial charge in [-0.1, -0.05) is 31.5 Å². The van der Waals surface area contributed by atoms with Crippen molar-refractivity contribution in [3.8, 4) is 0 Å². The molecule has 0 saturated carbocycles. The van der Waals surface area contributed by atoms with Crippen LogP contribution in [0.4, 0.5) is 0 Å². The summed E-state index contributed by atoms with van der Waals surface area (Å²) in [5.74, 6) is -0.168. The Labute approximate surface area is 78.0 Å². The van der Waals surface area contributed by atoms with Gasteiger partial charge in [-0.2, -0.15) is 0 Å². The fraction of sp³-hybridized carbons (Fsp3) is 0.625. The second-order valence-corrected chi connectivity index (χ2v) is 3.16. The summed E-state index contributed by atoms with van der Waals surface area (Å²) in [5.41, 5.74) is 5.53. The van der Waals surface area contributed by atoms with Gasteiger partial charge < -0.3 is 11.1 Å². The third-order valence-electron chi connectivity index (χ3n) is 1.39. The molecule has 0 fully saturated rings. The van der Waals surface area contributed by atoms with Crippen molar-refractivity contribution in [1.29, 1.82) is 0 Å². The zero-order valence-corrected chi connectivity index (χ0v) is 8.03. The standard InChI is InChI=1S/C8H15ClN2O/c1-3-4-7(10)8(12)11-5-6(2)9/h7H,2-5,10H2,1H3,(H,11,12)/t7-/m1/s1. The van der Waals surface area contributed by atoms with E-state index in [-0.39, 0.29) is 12.5 Å². The van der Waals surface area contributed by atoms with Gasteiger partial charge in [0.2, 0.25) is 5.91 Å². The Morgan fingerprint density at radius 3 is 2.75 bits per heavy atom. The third kappa shape index (κ3) is 5.16. The molecule has 0 aliphatic heterocycles. The maximum absolute atomic E-state index is 11.1. The summed E-state index contributed by atoms with van der Waals surface area (Å²) in [6.45, 7) is 5.71. The molecule has 1 atom stereocenters. The summed E-state index contributed by atoms with van der Waals surface area (Å²) in [5, 5.41) is 2.98. The summed E-state index contributed by atoms with van der Waals surface area (Å²) in [7, 11) is 0. The highest BCUT2D eigenvalue weighted by molar-refractivity contribution is 6.29. The monoisotopic (exact) mass is 190 g/mol. The quantitative estimate of drug-likeness (QED) is 0.679. The first kappa shape index (κ1) is 11.5. The van der Waals surface area contributed by atoms with Crippen LogP contribution in [0.3, 0.4) is 0 Å². The second kappa shape index (κ2) is 6.03. The molecule has 0 heterocycles. The summed E-state index contributed by atoms with van der Waals surface area (Å²) in [6.07, 6.45) is 1.59. The molecule has 0 bridgehead atoms. The van der Waals surface area contributed by atoms with Gasteiger partial charge in [0.25, 0.3) is 0 Å². The lowest BCUT2D eigenvalue weighted by atomic mass is 10.2. The molecule has 0 aliphatic carbocycles. The van der Waals surface area contributed by atoms with Gasteiger partial charge in [0, 0.05) is 5.03 Å². The highest BCUT2D eigenvalue weighted by Crippen LogP contribution is 1.95. The van der Waals surface area contributed by atoms with Gasteiger partial charge in [-0.05, 0) is 6.42 Å². The molecule has 0 spiro atoms. The predicted octanol–water partition coefficient (Wildman–Crippen LogP) is 0.982. The molecule has 0 aliphatic rings. The molecule has 0 aromatic carbocycles. The van der Waals surface area contributed by atoms with Crippen LogP contribution in [0, 0.1) is 0 Å². The molecule has 70 valence electrons. The number of carbonyl (C=O) groups excluding carboxylic acids is 1. The van der Waals surface area contributed by atoms with Gasteiger partial charge in [-0.15, -0.1) is 0 Å². The van der Waals surface area contributed by atoms with Crippen LogP contribution < -0.4 is 11.1 Å². The molecule has 1 amide bonds. The van der Waals surface area contributed by atoms with E-state index in [4.69, 9.17) is 17.3 Å². The lowest BCUT2D eigenvalue weighted by Gasteiger charge is -2.09. The van der Waals surface area contributed by atoms with Crippen LogP contribution in [-0.2, 0) is 4.79 Å². The molecule has 0 saturated heterocycles. The van der Waals surface area contributed by atoms with E-state index in [1.165, 1.54) is 0 Å². The van der Waals surface area contributed by atoms with Crippen molar-refractivity contribution < 1.29 is 4.79 Å². The first-order valence-electron chi connectivity index (χ1n) is 3.94. The maximum Gasteiger partial charge on any atom is 0.237 e. The van der Waals surface area contributed by atoms with Gasteiger partial charge in [0.05, 0.1) is 12.6 Å². The molecule has 0 aromatic rings. The van der Waals surface area contributed by atoms with E-state index in [2.05, 4.69) is 11.9 Å². The third-order valence-corrected chi connectivity index (χ3v) is 1.52. The van der Waals surface area contributed by atoms with Crippen molar-refractivity contribution in [3.05, 3.63) is 11.6 Å². The molecular weight excluding hydrogens is 176 g/mol. The van der Waals surface area contributed by atoms with Gasteiger partial charge in [-0.25, -0.2) is 0 Å². The average molecular weight is 191 g/mol. The van der Waals surface area contributed by atoms with E-state index in [1.807, 2.05) is 6.92 Å². The molecule has 0 unspecified atom stereocenters. The summed E-state index contributed by atoms with van der Waals surface area (Å²) >= 11 is 5.45. The molecule has 4 heteroatoms. The molecular formula is C8H15ClN2O. The van der Waals surface area contributed by atoms with Gasteiger partial charge in [-0.3, -0.25) is 4.79 Å². The van der Waals surface area contributed by atoms with Crippen molar-refractivity contribution in [2.75, 3.05) is 6.54 Å². The Kier molecular flexibility index (Phi) is 5.76. The molecule has 3 nitrogen and oxygen atoms in total. The van der Waals surface area contributed by atoms with E-state index in [0.717, 1.165) is 6.42 Å². The smallest absolute Gasteiger partial charge is 0.237 e. The van der Waals surface area contributed by atoms with Gasteiger partial charge >= 0.3 is 0 Å². The molecule has 12 heavy (non-hydrogen) atoms. The van der Waals surface area contributed by atoms with E-state index in [0.29, 0.717) is 11.5 Å². The highest BCUT2D eigenvalue weighted by Gasteiger charge is 2.10. The number of rotatable bonds is 5. The summed E-state index contributed by atoms with van der Waals surface area (Å²) in [6, 6.07) is -0.425. The van der Waals surface area contributed by atoms with Crippen molar-refractivity contribution in [2.45, 2.75) is 25.8 Å². The Balaban J connectivity index is 3.64. The molecule has 0 aromatic heterocycles. The second-order valence-electron chi connectivity index (χ2n) is 2.63. The predicted molar refractivity (Wildman–Crippen MR) is 50.9 cm³/mol. The largest absolute Gasteiger partial charge is 0.350 e. The highest BCUT2D eigenvalue weighted by atomic mass is 35.5. The Morgan fingerprint density at radius 2 is 2.33 bits per heavy atom. The van der Waals surface area contributed by atoms with Crippen molar-refractivity contribution in [3.63, 3.8) is 0 Å². The van der Waals surface area contributed by atoms with Crippen LogP contribution in [0.1, 0.15) is 19.8 Å². The van der Waals surface area contributed by atoms with Crippen molar-refractivity contribution >= 4 is 17.5 Å². The number of halogens is 1. The van der Waals surface area contributed by atoms with Gasteiger partial charge in [0.15, 0.2) is 0 Å². The minimum Gasteiger partial charge on any atom is -0.350 e. The van der Waals surface area contributed by atoms with Crippen LogP contribution in [0.15, 0.2) is 11.6 Å². The van der Waals surface area contributed by atoms with E-state index in [1.54, 1.807) is 0 Å². The number of amides is 1. The number of carbonyl (C=O) groups is 1. The minimum atomic E-state index is -0.425. The fourth-order valence-electron chi connectivity index (χ4n) is 0.756. The van der Waals surface area contributed by atoms with Crippen molar-refractivity contribution in [2.24, 2.45) is 5.73 Å². The van der Waals surface area contributed by atoms with Crippen molar-refractivity contribution in [1.82, 2.24) is 5.32 Å². The first-order valence-corrected chi connectivity index (χ1v) is 4.32. The minimum absolute atomic E-state index is 0.168. The number of hydrogen-bond acceptors (Lipinski definition) is 2. The molecule has 0 rings (SSSR count). The number of nitrogens with one attached hydrogen (secondary N) is 1. The van der Waals surface area contributed by atoms with Gasteiger partial charge in [0.1, 0.15) is 0 Å². The lowest BCUT2D eigenvalue weighted by molar-refractivity contribution is -0.122. The van der Waals surface area contributed by atoms with Crippen LogP contribution in [0.25, 0.3) is 0 Å². The summed E-state index contributed by atoms with van der Waals surface area (Å²) < 4.78 is 0. The summed E-state index contributed by atoms with van der Waals surface area (Å²) in [4.78, 5) is 11.1. The lowest BCUT2D eigenvalue weighted by Crippen LogP contribution is -2.40. The fourth-order valence-corrected chi connectivity index (χ4v) is 0.823. The molecule has 0 radical (unpaired) electrons. The van der Waals surface area contributed by atoms with E-state index >= 15 is 0 Å². The van der Waals surface area contributed by atoms with Crippen LogP contribution in [0.5, 0.6) is 0 Å². The first-order chi connectivity index (χ1) is 5.57. The molecule has 3 N–H and O–H groups in total. The Bertz CT molecular complexity index is 170. The zero-order chi connectivity index (χ0) is 9.56. The van der Waals surface area contributed by atoms with Crippen LogP contribution in [0.2, 0.25) is 0 Å². The zero-order valence-electron chi connectivity index (χ0n) is 7.27. The Hall–Kier alpha value is -0.540. The SMILES string of the molecule is C=C(Cl)CNC(=O)[C@H](N)CCC. The van der Waals surface area contributed by atoms with Crippen LogP contribution in [-0.4, -0.2) is 18.5 Å². The topological polar surface area (TPSA) is 55.1 Å². The number of nitrogens with two attached hydrogens (primary N) is 1. The maximum atomic E-state index is 11.1. The van der Waals surface area contributed by atoms with E-state index in [9.17, 15) is 4.79 Å². The Morgan fingerprint density at radius 1 is 1.75 bits per heavy atom. The average Bonchev–Trinajstić information content (AvgIpc) is 2.00. The van der Waals surface area contributed by atoms with Crippen LogP contribution >= 0.6 is 11.6 Å². The van der Waals surface area contributed by atoms with E-state index < -0.39 is 6.04 Å².